The van der Waals surface area contributed by atoms with Crippen molar-refractivity contribution >= 4 is 21.8 Å². The number of morpholine rings is 1. The van der Waals surface area contributed by atoms with Gasteiger partial charge in [-0.1, -0.05) is 12.8 Å². The van der Waals surface area contributed by atoms with Crippen LogP contribution in [0.5, 0.6) is 0 Å². The summed E-state index contributed by atoms with van der Waals surface area (Å²) >= 11 is 5.77. The normalized spacial score (nSPS) is 23.9. The predicted octanol–water partition coefficient (Wildman–Crippen LogP) is 1.05. The number of hydrogen-bond acceptors (Lipinski definition) is 3. The molecule has 0 spiro atoms. The smallest absolute Gasteiger partial charge is 0.282 e. The minimum atomic E-state index is -3.37. The van der Waals surface area contributed by atoms with Gasteiger partial charge >= 0.3 is 0 Å². The molecule has 0 amide bonds. The quantitative estimate of drug-likeness (QED) is 0.713. The van der Waals surface area contributed by atoms with Gasteiger partial charge in [0.2, 0.25) is 0 Å². The summed E-state index contributed by atoms with van der Waals surface area (Å²) in [6.07, 6.45) is 4.14. The van der Waals surface area contributed by atoms with Crippen LogP contribution in [0.4, 0.5) is 0 Å². The molecular formula is C11H21ClN2O3S. The molecular weight excluding hydrogens is 276 g/mol. The van der Waals surface area contributed by atoms with E-state index in [4.69, 9.17) is 16.3 Å². The summed E-state index contributed by atoms with van der Waals surface area (Å²) in [5.74, 6) is 0.347. The maximum Gasteiger partial charge on any atom is 0.282 e. The first kappa shape index (κ1) is 14.5. The highest BCUT2D eigenvalue weighted by atomic mass is 35.5. The number of hydrogen-bond donors (Lipinski definition) is 0. The standard InChI is InChI=1S/C11H21ClN2O3S/c12-5-6-14(11-3-1-2-4-11)18(15,16)13-7-9-17-10-8-13/h11H,1-10H2. The van der Waals surface area contributed by atoms with Crippen molar-refractivity contribution in [3.05, 3.63) is 0 Å². The highest BCUT2D eigenvalue weighted by Crippen LogP contribution is 2.27. The van der Waals surface area contributed by atoms with Crippen LogP contribution in [0.25, 0.3) is 0 Å². The molecule has 1 aliphatic heterocycles. The zero-order valence-electron chi connectivity index (χ0n) is 10.6. The van der Waals surface area contributed by atoms with Crippen LogP contribution in [0.3, 0.4) is 0 Å². The SMILES string of the molecule is O=S(=O)(N1CCOCC1)N(CCCl)C1CCCC1. The molecule has 1 aliphatic carbocycles. The molecule has 7 heteroatoms. The first-order valence-corrected chi connectivity index (χ1v) is 8.50. The van der Waals surface area contributed by atoms with E-state index in [1.165, 1.54) is 4.31 Å². The summed E-state index contributed by atoms with van der Waals surface area (Å²) in [5.41, 5.74) is 0. The van der Waals surface area contributed by atoms with Crippen LogP contribution in [0.15, 0.2) is 0 Å². The van der Waals surface area contributed by atoms with E-state index in [1.54, 1.807) is 4.31 Å². The average molecular weight is 297 g/mol. The third-order valence-electron chi connectivity index (χ3n) is 3.63. The van der Waals surface area contributed by atoms with Crippen molar-refractivity contribution < 1.29 is 13.2 Å². The molecule has 0 aromatic heterocycles. The first-order chi connectivity index (χ1) is 8.66. The van der Waals surface area contributed by atoms with Gasteiger partial charge in [0.1, 0.15) is 0 Å². The maximum absolute atomic E-state index is 12.6. The summed E-state index contributed by atoms with van der Waals surface area (Å²) in [7, 11) is -3.37. The molecule has 2 aliphatic rings. The van der Waals surface area contributed by atoms with Gasteiger partial charge in [-0.3, -0.25) is 0 Å². The van der Waals surface area contributed by atoms with E-state index in [9.17, 15) is 8.42 Å². The van der Waals surface area contributed by atoms with E-state index in [0.29, 0.717) is 38.7 Å². The zero-order chi connectivity index (χ0) is 13.0. The number of halogens is 1. The summed E-state index contributed by atoms with van der Waals surface area (Å²) < 4.78 is 33.5. The molecule has 106 valence electrons. The summed E-state index contributed by atoms with van der Waals surface area (Å²) in [4.78, 5) is 0. The van der Waals surface area contributed by atoms with Crippen molar-refractivity contribution in [3.8, 4) is 0 Å². The Balaban J connectivity index is 2.11. The van der Waals surface area contributed by atoms with Crippen LogP contribution in [-0.2, 0) is 14.9 Å². The van der Waals surface area contributed by atoms with E-state index in [1.807, 2.05) is 0 Å². The van der Waals surface area contributed by atoms with E-state index in [-0.39, 0.29) is 6.04 Å². The molecule has 0 N–H and O–H groups in total. The van der Waals surface area contributed by atoms with Crippen LogP contribution in [0.1, 0.15) is 25.7 Å². The molecule has 2 rings (SSSR count). The molecule has 0 bridgehead atoms. The molecule has 2 fully saturated rings. The molecule has 0 aromatic carbocycles. The van der Waals surface area contributed by atoms with Crippen LogP contribution in [-0.4, -0.2) is 61.8 Å². The van der Waals surface area contributed by atoms with Crippen molar-refractivity contribution in [3.63, 3.8) is 0 Å². The van der Waals surface area contributed by atoms with E-state index in [0.717, 1.165) is 25.7 Å². The Bertz CT molecular complexity index is 351. The largest absolute Gasteiger partial charge is 0.379 e. The number of alkyl halides is 1. The second-order valence-electron chi connectivity index (χ2n) is 4.76. The Hall–Kier alpha value is 0.120. The number of nitrogens with zero attached hydrogens (tertiary/aromatic N) is 2. The van der Waals surface area contributed by atoms with Gasteiger partial charge in [-0.15, -0.1) is 11.6 Å². The molecule has 18 heavy (non-hydrogen) atoms. The maximum atomic E-state index is 12.6. The van der Waals surface area contributed by atoms with Gasteiger partial charge in [-0.05, 0) is 12.8 Å². The third-order valence-corrected chi connectivity index (χ3v) is 5.89. The van der Waals surface area contributed by atoms with Gasteiger partial charge in [-0.2, -0.15) is 17.0 Å². The van der Waals surface area contributed by atoms with Crippen LogP contribution < -0.4 is 0 Å². The molecule has 0 aromatic rings. The molecule has 0 unspecified atom stereocenters. The lowest BCUT2D eigenvalue weighted by molar-refractivity contribution is 0.0693. The minimum Gasteiger partial charge on any atom is -0.379 e. The van der Waals surface area contributed by atoms with E-state index < -0.39 is 10.2 Å². The predicted molar refractivity (Wildman–Crippen MR) is 71.0 cm³/mol. The summed E-state index contributed by atoms with van der Waals surface area (Å²) in [6, 6.07) is 0.136. The van der Waals surface area contributed by atoms with Crippen molar-refractivity contribution in [1.29, 1.82) is 0 Å². The van der Waals surface area contributed by atoms with Gasteiger partial charge in [0.25, 0.3) is 10.2 Å². The lowest BCUT2D eigenvalue weighted by Gasteiger charge is -2.34. The first-order valence-electron chi connectivity index (χ1n) is 6.57. The van der Waals surface area contributed by atoms with Crippen LogP contribution >= 0.6 is 11.6 Å². The van der Waals surface area contributed by atoms with Crippen molar-refractivity contribution in [2.45, 2.75) is 31.7 Å². The fraction of sp³-hybridized carbons (Fsp3) is 1.00. The number of rotatable bonds is 5. The van der Waals surface area contributed by atoms with Gasteiger partial charge in [0, 0.05) is 31.6 Å². The highest BCUT2D eigenvalue weighted by molar-refractivity contribution is 7.86. The second-order valence-corrected chi connectivity index (χ2v) is 7.02. The van der Waals surface area contributed by atoms with Crippen LogP contribution in [0, 0.1) is 0 Å². The fourth-order valence-corrected chi connectivity index (χ4v) is 4.79. The van der Waals surface area contributed by atoms with E-state index >= 15 is 0 Å². The molecule has 1 saturated carbocycles. The Morgan fingerprint density at radius 3 is 2.39 bits per heavy atom. The van der Waals surface area contributed by atoms with Crippen LogP contribution in [0.2, 0.25) is 0 Å². The van der Waals surface area contributed by atoms with Gasteiger partial charge in [0.15, 0.2) is 0 Å². The van der Waals surface area contributed by atoms with Gasteiger partial charge < -0.3 is 4.74 Å². The Morgan fingerprint density at radius 2 is 1.83 bits per heavy atom. The Kier molecular flexibility index (Phi) is 5.26. The fourth-order valence-electron chi connectivity index (χ4n) is 2.69. The summed E-state index contributed by atoms with van der Waals surface area (Å²) in [5, 5.41) is 0. The van der Waals surface area contributed by atoms with Crippen molar-refractivity contribution in [1.82, 2.24) is 8.61 Å². The lowest BCUT2D eigenvalue weighted by atomic mass is 10.2. The molecule has 0 radical (unpaired) electrons. The monoisotopic (exact) mass is 296 g/mol. The second kappa shape index (κ2) is 6.52. The van der Waals surface area contributed by atoms with Gasteiger partial charge in [-0.25, -0.2) is 0 Å². The van der Waals surface area contributed by atoms with Gasteiger partial charge in [0.05, 0.1) is 13.2 Å². The molecule has 0 atom stereocenters. The Morgan fingerprint density at radius 1 is 1.22 bits per heavy atom. The highest BCUT2D eigenvalue weighted by Gasteiger charge is 2.36. The summed E-state index contributed by atoms with van der Waals surface area (Å²) in [6.45, 7) is 2.28. The van der Waals surface area contributed by atoms with Crippen molar-refractivity contribution in [2.75, 3.05) is 38.7 Å². The molecule has 5 nitrogen and oxygen atoms in total. The lowest BCUT2D eigenvalue weighted by Crippen LogP contribution is -2.51. The molecule has 1 saturated heterocycles. The minimum absolute atomic E-state index is 0.136. The topological polar surface area (TPSA) is 49.9 Å². The number of ether oxygens (including phenoxy) is 1. The van der Waals surface area contributed by atoms with Crippen molar-refractivity contribution in [2.24, 2.45) is 0 Å². The van der Waals surface area contributed by atoms with E-state index in [2.05, 4.69) is 0 Å². The third kappa shape index (κ3) is 3.17. The average Bonchev–Trinajstić information content (AvgIpc) is 2.90. The molecule has 1 heterocycles. The Labute approximate surface area is 114 Å². The zero-order valence-corrected chi connectivity index (χ0v) is 12.1.